The second-order valence-electron chi connectivity index (χ2n) is 7.82. The first-order valence-electron chi connectivity index (χ1n) is 10.0. The van der Waals surface area contributed by atoms with Crippen molar-refractivity contribution in [1.29, 1.82) is 0 Å². The number of rotatable bonds is 5. The van der Waals surface area contributed by atoms with Crippen LogP contribution in [-0.4, -0.2) is 38.3 Å². The van der Waals surface area contributed by atoms with Crippen molar-refractivity contribution in [2.45, 2.75) is 56.8 Å². The standard InChI is InChI=1S/C20H31N3O3S.ClH/c1-15-9-10-17(22-20(24)18-8-6-7-16(18)14-21)13-19(15)27(25,26)23-11-4-2-3-5-12-23;/h9-10,13,16,18H,2-8,11-12,14,21H2,1H3,(H,22,24);1H/t16-,18-;/m1./s1. The van der Waals surface area contributed by atoms with Crippen LogP contribution in [-0.2, 0) is 14.8 Å². The molecule has 6 nitrogen and oxygen atoms in total. The minimum absolute atomic E-state index is 0. The highest BCUT2D eigenvalue weighted by atomic mass is 35.5. The fraction of sp³-hybridized carbons (Fsp3) is 0.650. The molecule has 1 heterocycles. The van der Waals surface area contributed by atoms with Crippen LogP contribution in [0.4, 0.5) is 5.69 Å². The van der Waals surface area contributed by atoms with E-state index in [1.54, 1.807) is 29.4 Å². The zero-order valence-corrected chi connectivity index (χ0v) is 18.2. The summed E-state index contributed by atoms with van der Waals surface area (Å²) in [7, 11) is -3.55. The minimum atomic E-state index is -3.55. The van der Waals surface area contributed by atoms with Crippen LogP contribution < -0.4 is 11.1 Å². The van der Waals surface area contributed by atoms with Crippen molar-refractivity contribution in [3.05, 3.63) is 23.8 Å². The van der Waals surface area contributed by atoms with Crippen LogP contribution in [0.3, 0.4) is 0 Å². The Morgan fingerprint density at radius 1 is 1.14 bits per heavy atom. The molecule has 3 N–H and O–H groups in total. The van der Waals surface area contributed by atoms with Gasteiger partial charge in [0.1, 0.15) is 0 Å². The monoisotopic (exact) mass is 429 g/mol. The van der Waals surface area contributed by atoms with Crippen LogP contribution in [0.5, 0.6) is 0 Å². The van der Waals surface area contributed by atoms with Crippen LogP contribution in [0.2, 0.25) is 0 Å². The van der Waals surface area contributed by atoms with Gasteiger partial charge in [0.15, 0.2) is 0 Å². The summed E-state index contributed by atoms with van der Waals surface area (Å²) >= 11 is 0. The van der Waals surface area contributed by atoms with Gasteiger partial charge >= 0.3 is 0 Å². The summed E-state index contributed by atoms with van der Waals surface area (Å²) in [6.07, 6.45) is 6.79. The molecule has 1 saturated carbocycles. The van der Waals surface area contributed by atoms with Crippen molar-refractivity contribution in [3.63, 3.8) is 0 Å². The SMILES string of the molecule is Cc1ccc(NC(=O)[C@@H]2CCC[C@@H]2CN)cc1S(=O)(=O)N1CCCCCC1.Cl. The van der Waals surface area contributed by atoms with Gasteiger partial charge in [-0.05, 0) is 62.8 Å². The van der Waals surface area contributed by atoms with Gasteiger partial charge in [-0.3, -0.25) is 4.79 Å². The fourth-order valence-corrected chi connectivity index (χ4v) is 6.04. The number of nitrogens with one attached hydrogen (secondary N) is 1. The Morgan fingerprint density at radius 3 is 2.46 bits per heavy atom. The van der Waals surface area contributed by atoms with E-state index in [0.29, 0.717) is 35.8 Å². The summed E-state index contributed by atoms with van der Waals surface area (Å²) in [5, 5.41) is 2.93. The van der Waals surface area contributed by atoms with Gasteiger partial charge in [-0.15, -0.1) is 12.4 Å². The molecule has 0 aromatic heterocycles. The first-order valence-corrected chi connectivity index (χ1v) is 11.5. The molecular formula is C20H32ClN3O3S. The molecule has 0 radical (unpaired) electrons. The number of nitrogens with zero attached hydrogens (tertiary/aromatic N) is 1. The number of hydrogen-bond donors (Lipinski definition) is 2. The van der Waals surface area contributed by atoms with E-state index < -0.39 is 10.0 Å². The lowest BCUT2D eigenvalue weighted by Gasteiger charge is -2.22. The Kier molecular flexibility index (Phi) is 8.30. The number of aryl methyl sites for hydroxylation is 1. The summed E-state index contributed by atoms with van der Waals surface area (Å²) in [5.41, 5.74) is 7.04. The lowest BCUT2D eigenvalue weighted by Crippen LogP contribution is -2.32. The summed E-state index contributed by atoms with van der Waals surface area (Å²) < 4.78 is 27.9. The lowest BCUT2D eigenvalue weighted by atomic mass is 9.95. The molecule has 0 bridgehead atoms. The molecule has 2 fully saturated rings. The van der Waals surface area contributed by atoms with Crippen molar-refractivity contribution >= 4 is 34.0 Å². The van der Waals surface area contributed by atoms with Crippen LogP contribution in [0.15, 0.2) is 23.1 Å². The zero-order valence-electron chi connectivity index (χ0n) is 16.5. The number of sulfonamides is 1. The smallest absolute Gasteiger partial charge is 0.243 e. The number of halogens is 1. The van der Waals surface area contributed by atoms with Gasteiger partial charge in [-0.2, -0.15) is 4.31 Å². The molecular weight excluding hydrogens is 398 g/mol. The minimum Gasteiger partial charge on any atom is -0.330 e. The number of hydrogen-bond acceptors (Lipinski definition) is 4. The average Bonchev–Trinajstić information content (AvgIpc) is 2.96. The fourth-order valence-electron chi connectivity index (χ4n) is 4.28. The van der Waals surface area contributed by atoms with Crippen LogP contribution in [0.25, 0.3) is 0 Å². The van der Waals surface area contributed by atoms with Gasteiger partial charge in [0.05, 0.1) is 4.90 Å². The van der Waals surface area contributed by atoms with Crippen LogP contribution in [0.1, 0.15) is 50.5 Å². The third-order valence-corrected chi connectivity index (χ3v) is 7.98. The number of carbonyl (C=O) groups is 1. The molecule has 2 atom stereocenters. The summed E-state index contributed by atoms with van der Waals surface area (Å²) in [5.74, 6) is 0.0858. The lowest BCUT2D eigenvalue weighted by molar-refractivity contribution is -0.120. The maximum atomic E-state index is 13.2. The summed E-state index contributed by atoms with van der Waals surface area (Å²) in [4.78, 5) is 12.9. The zero-order chi connectivity index (χ0) is 19.4. The Bertz CT molecular complexity index is 777. The first-order chi connectivity index (χ1) is 12.9. The molecule has 1 aromatic carbocycles. The van der Waals surface area contributed by atoms with Gasteiger partial charge in [0, 0.05) is 24.7 Å². The first kappa shape index (κ1) is 23.1. The Hall–Kier alpha value is -1.15. The Labute approximate surface area is 174 Å². The van der Waals surface area contributed by atoms with E-state index in [4.69, 9.17) is 5.73 Å². The highest BCUT2D eigenvalue weighted by Gasteiger charge is 2.32. The second-order valence-corrected chi connectivity index (χ2v) is 9.73. The van der Waals surface area contributed by atoms with Gasteiger partial charge in [0.2, 0.25) is 15.9 Å². The summed E-state index contributed by atoms with van der Waals surface area (Å²) in [6, 6.07) is 5.16. The van der Waals surface area contributed by atoms with E-state index in [1.165, 1.54) is 0 Å². The maximum Gasteiger partial charge on any atom is 0.243 e. The molecule has 2 aliphatic rings. The van der Waals surface area contributed by atoms with Gasteiger partial charge < -0.3 is 11.1 Å². The van der Waals surface area contributed by atoms with Gasteiger partial charge in [-0.1, -0.05) is 25.3 Å². The summed E-state index contributed by atoms with van der Waals surface area (Å²) in [6.45, 7) is 3.45. The quantitative estimate of drug-likeness (QED) is 0.751. The van der Waals surface area contributed by atoms with E-state index >= 15 is 0 Å². The second kappa shape index (κ2) is 10.1. The molecule has 0 spiro atoms. The third-order valence-electron chi connectivity index (χ3n) is 5.94. The predicted octanol–water partition coefficient (Wildman–Crippen LogP) is 3.30. The predicted molar refractivity (Wildman–Crippen MR) is 114 cm³/mol. The van der Waals surface area contributed by atoms with Crippen molar-refractivity contribution in [3.8, 4) is 0 Å². The highest BCUT2D eigenvalue weighted by Crippen LogP contribution is 2.32. The molecule has 3 rings (SSSR count). The van der Waals surface area contributed by atoms with E-state index in [0.717, 1.165) is 44.9 Å². The van der Waals surface area contributed by atoms with Gasteiger partial charge in [0.25, 0.3) is 0 Å². The molecule has 28 heavy (non-hydrogen) atoms. The number of anilines is 1. The van der Waals surface area contributed by atoms with Crippen molar-refractivity contribution in [2.75, 3.05) is 25.0 Å². The third kappa shape index (κ3) is 5.06. The topological polar surface area (TPSA) is 92.5 Å². The van der Waals surface area contributed by atoms with E-state index in [2.05, 4.69) is 5.32 Å². The Balaban J connectivity index is 0.00000280. The largest absolute Gasteiger partial charge is 0.330 e. The average molecular weight is 430 g/mol. The molecule has 1 aromatic rings. The van der Waals surface area contributed by atoms with E-state index in [1.807, 2.05) is 0 Å². The molecule has 8 heteroatoms. The molecule has 158 valence electrons. The molecule has 1 amide bonds. The van der Waals surface area contributed by atoms with Crippen LogP contribution in [0, 0.1) is 18.8 Å². The Morgan fingerprint density at radius 2 is 1.82 bits per heavy atom. The highest BCUT2D eigenvalue weighted by molar-refractivity contribution is 7.89. The van der Waals surface area contributed by atoms with Crippen LogP contribution >= 0.6 is 12.4 Å². The molecule has 1 saturated heterocycles. The molecule has 1 aliphatic heterocycles. The molecule has 0 unspecified atom stereocenters. The van der Waals surface area contributed by atoms with E-state index in [-0.39, 0.29) is 30.2 Å². The van der Waals surface area contributed by atoms with Crippen molar-refractivity contribution in [2.24, 2.45) is 17.6 Å². The number of benzene rings is 1. The van der Waals surface area contributed by atoms with E-state index in [9.17, 15) is 13.2 Å². The molecule has 1 aliphatic carbocycles. The normalized spacial score (nSPS) is 23.6. The number of nitrogens with two attached hydrogens (primary N) is 1. The van der Waals surface area contributed by atoms with Crippen molar-refractivity contribution in [1.82, 2.24) is 4.31 Å². The van der Waals surface area contributed by atoms with Crippen molar-refractivity contribution < 1.29 is 13.2 Å². The van der Waals surface area contributed by atoms with Gasteiger partial charge in [-0.25, -0.2) is 8.42 Å². The number of amides is 1. The number of carbonyl (C=O) groups excluding carboxylic acids is 1. The maximum absolute atomic E-state index is 13.2.